The normalized spacial score (nSPS) is 11.0. The zero-order valence-corrected chi connectivity index (χ0v) is 27.7. The molecule has 0 aromatic rings. The second kappa shape index (κ2) is 35.5. The molecule has 48 heavy (non-hydrogen) atoms. The van der Waals surface area contributed by atoms with E-state index in [0.29, 0.717) is 125 Å². The Balaban J connectivity index is 3.16. The highest BCUT2D eigenvalue weighted by molar-refractivity contribution is 6.32. The highest BCUT2D eigenvalue weighted by Gasteiger charge is 2.14. The first-order valence-corrected chi connectivity index (χ1v) is 15.9. The smallest absolute Gasteiger partial charge is 0.372 e. The zero-order chi connectivity index (χ0) is 35.3. The number of rotatable bonds is 38. The zero-order valence-electron chi connectivity index (χ0n) is 27.7. The first-order valence-electron chi connectivity index (χ1n) is 15.9. The SMILES string of the molecule is O=C(O)CCC(=O)NCCCOCCOCCOCCOCCOCCOCCOCCOCCOCCOC(=O)CCC(=O)C(=O)O. The van der Waals surface area contributed by atoms with E-state index in [1.165, 1.54) is 0 Å². The number of carboxylic acid groups (broad SMARTS) is 2. The second-order valence-electron chi connectivity index (χ2n) is 9.56. The summed E-state index contributed by atoms with van der Waals surface area (Å²) in [6.07, 6.45) is -0.234. The van der Waals surface area contributed by atoms with Crippen LogP contribution in [0.1, 0.15) is 32.1 Å². The van der Waals surface area contributed by atoms with Crippen LogP contribution < -0.4 is 5.32 Å². The van der Waals surface area contributed by atoms with Crippen LogP contribution in [0.25, 0.3) is 0 Å². The van der Waals surface area contributed by atoms with E-state index in [1.807, 2.05) is 0 Å². The van der Waals surface area contributed by atoms with Crippen molar-refractivity contribution in [2.45, 2.75) is 32.1 Å². The van der Waals surface area contributed by atoms with Crippen LogP contribution in [0.3, 0.4) is 0 Å². The molecule has 0 radical (unpaired) electrons. The van der Waals surface area contributed by atoms with Crippen LogP contribution >= 0.6 is 0 Å². The van der Waals surface area contributed by atoms with Crippen molar-refractivity contribution in [1.29, 1.82) is 0 Å². The Labute approximate surface area is 280 Å². The molecule has 0 heterocycles. The largest absolute Gasteiger partial charge is 0.481 e. The number of esters is 1. The lowest BCUT2D eigenvalue weighted by Crippen LogP contribution is -2.25. The van der Waals surface area contributed by atoms with Gasteiger partial charge in [-0.15, -0.1) is 0 Å². The summed E-state index contributed by atoms with van der Waals surface area (Å²) in [7, 11) is 0. The van der Waals surface area contributed by atoms with Crippen molar-refractivity contribution in [3.05, 3.63) is 0 Å². The van der Waals surface area contributed by atoms with Gasteiger partial charge in [-0.1, -0.05) is 0 Å². The fourth-order valence-electron chi connectivity index (χ4n) is 3.18. The first kappa shape index (κ1) is 45.2. The van der Waals surface area contributed by atoms with Crippen molar-refractivity contribution in [2.24, 2.45) is 0 Å². The number of carbonyl (C=O) groups is 5. The number of carbonyl (C=O) groups excluding carboxylic acids is 3. The molecule has 1 amide bonds. The number of aliphatic carboxylic acids is 2. The molecule has 0 saturated carbocycles. The van der Waals surface area contributed by atoms with Gasteiger partial charge in [-0.3, -0.25) is 19.2 Å². The van der Waals surface area contributed by atoms with Gasteiger partial charge in [0.1, 0.15) is 6.61 Å². The maximum absolute atomic E-state index is 11.4. The summed E-state index contributed by atoms with van der Waals surface area (Å²) in [5, 5.41) is 19.6. The quantitative estimate of drug-likeness (QED) is 0.0418. The molecule has 0 fully saturated rings. The molecule has 0 aliphatic rings. The van der Waals surface area contributed by atoms with E-state index in [-0.39, 0.29) is 38.4 Å². The molecule has 0 saturated heterocycles. The van der Waals surface area contributed by atoms with E-state index in [4.69, 9.17) is 57.6 Å². The van der Waals surface area contributed by atoms with Crippen LogP contribution in [0.5, 0.6) is 0 Å². The highest BCUT2D eigenvalue weighted by Crippen LogP contribution is 1.95. The molecule has 3 N–H and O–H groups in total. The molecular formula is C30H53NO17. The summed E-state index contributed by atoms with van der Waals surface area (Å²) in [5.41, 5.74) is 0. The summed E-state index contributed by atoms with van der Waals surface area (Å²) in [5.74, 6) is -4.53. The monoisotopic (exact) mass is 699 g/mol. The van der Waals surface area contributed by atoms with Gasteiger partial charge in [-0.05, 0) is 6.42 Å². The molecule has 0 atom stereocenters. The van der Waals surface area contributed by atoms with E-state index in [1.54, 1.807) is 0 Å². The van der Waals surface area contributed by atoms with Gasteiger partial charge >= 0.3 is 17.9 Å². The average Bonchev–Trinajstić information content (AvgIpc) is 3.06. The second-order valence-corrected chi connectivity index (χ2v) is 9.56. The third-order valence-corrected chi connectivity index (χ3v) is 5.62. The van der Waals surface area contributed by atoms with Gasteiger partial charge < -0.3 is 62.9 Å². The minimum atomic E-state index is -1.57. The fraction of sp³-hybridized carbons (Fsp3) is 0.833. The van der Waals surface area contributed by atoms with Gasteiger partial charge in [0, 0.05) is 26.0 Å². The first-order chi connectivity index (χ1) is 23.3. The fourth-order valence-corrected chi connectivity index (χ4v) is 3.18. The lowest BCUT2D eigenvalue weighted by Gasteiger charge is -2.09. The topological polar surface area (TPSA) is 230 Å². The molecule has 0 aliphatic heterocycles. The Bertz CT molecular complexity index is 829. The number of ketones is 1. The summed E-state index contributed by atoms with van der Waals surface area (Å²) >= 11 is 0. The van der Waals surface area contributed by atoms with Crippen LogP contribution in [-0.4, -0.2) is 172 Å². The standard InChI is InChI=1S/C30H53NO17/c32-26(30(37)38)2-5-29(36)48-25-24-47-23-22-46-21-20-45-19-18-44-17-16-43-15-14-42-13-12-41-11-10-40-9-8-39-7-1-6-31-27(33)3-4-28(34)35/h1-25H2,(H,31,33)(H,34,35)(H,37,38). The summed E-state index contributed by atoms with van der Waals surface area (Å²) in [4.78, 5) is 54.4. The molecule has 280 valence electrons. The van der Waals surface area contributed by atoms with Crippen molar-refractivity contribution in [2.75, 3.05) is 132 Å². The molecule has 0 aromatic carbocycles. The van der Waals surface area contributed by atoms with Gasteiger partial charge in [0.15, 0.2) is 0 Å². The number of hydrogen-bond acceptors (Lipinski definition) is 15. The van der Waals surface area contributed by atoms with E-state index in [0.717, 1.165) is 0 Å². The number of hydrogen-bond donors (Lipinski definition) is 3. The minimum absolute atomic E-state index is 0.00493. The molecule has 0 spiro atoms. The van der Waals surface area contributed by atoms with Crippen LogP contribution in [-0.2, 0) is 71.3 Å². The number of amides is 1. The number of Topliss-reactive ketones (excluding diaryl/α,β-unsaturated/α-hetero) is 1. The van der Waals surface area contributed by atoms with Gasteiger partial charge in [0.25, 0.3) is 0 Å². The number of carboxylic acids is 2. The summed E-state index contributed by atoms with van der Waals surface area (Å²) in [6, 6.07) is 0. The molecule has 0 rings (SSSR count). The minimum Gasteiger partial charge on any atom is -0.481 e. The average molecular weight is 700 g/mol. The highest BCUT2D eigenvalue weighted by atomic mass is 16.6. The molecule has 0 aliphatic carbocycles. The Morgan fingerprint density at radius 2 is 0.771 bits per heavy atom. The van der Waals surface area contributed by atoms with Crippen molar-refractivity contribution in [3.63, 3.8) is 0 Å². The Hall–Kier alpha value is -2.81. The number of nitrogens with one attached hydrogen (secondary N) is 1. The maximum Gasteiger partial charge on any atom is 0.372 e. The van der Waals surface area contributed by atoms with Gasteiger partial charge in [-0.2, -0.15) is 0 Å². The van der Waals surface area contributed by atoms with E-state index in [2.05, 4.69) is 5.32 Å². The Morgan fingerprint density at radius 1 is 0.417 bits per heavy atom. The molecule has 0 bridgehead atoms. The molecule has 18 heteroatoms. The maximum atomic E-state index is 11.4. The molecular weight excluding hydrogens is 646 g/mol. The number of ether oxygens (including phenoxy) is 10. The Morgan fingerprint density at radius 3 is 1.12 bits per heavy atom. The lowest BCUT2D eigenvalue weighted by atomic mass is 10.2. The van der Waals surface area contributed by atoms with Crippen molar-refractivity contribution in [1.82, 2.24) is 5.32 Å². The van der Waals surface area contributed by atoms with Crippen LogP contribution in [0.2, 0.25) is 0 Å². The molecule has 0 aromatic heterocycles. The summed E-state index contributed by atoms with van der Waals surface area (Å²) in [6.45, 7) is 7.81. The predicted octanol–water partition coefficient (Wildman–Crippen LogP) is -0.516. The van der Waals surface area contributed by atoms with Crippen LogP contribution in [0.15, 0.2) is 0 Å². The third-order valence-electron chi connectivity index (χ3n) is 5.62. The molecule has 0 unspecified atom stereocenters. The third kappa shape index (κ3) is 36.0. The van der Waals surface area contributed by atoms with E-state index >= 15 is 0 Å². The van der Waals surface area contributed by atoms with Crippen LogP contribution in [0, 0.1) is 0 Å². The van der Waals surface area contributed by atoms with Gasteiger partial charge in [0.05, 0.1) is 125 Å². The lowest BCUT2D eigenvalue weighted by molar-refractivity contribution is -0.151. The van der Waals surface area contributed by atoms with E-state index < -0.39 is 30.1 Å². The van der Waals surface area contributed by atoms with Crippen molar-refractivity contribution >= 4 is 29.6 Å². The van der Waals surface area contributed by atoms with Crippen LogP contribution in [0.4, 0.5) is 0 Å². The van der Waals surface area contributed by atoms with E-state index in [9.17, 15) is 24.0 Å². The van der Waals surface area contributed by atoms with Gasteiger partial charge in [0.2, 0.25) is 11.7 Å². The van der Waals surface area contributed by atoms with Crippen molar-refractivity contribution in [3.8, 4) is 0 Å². The van der Waals surface area contributed by atoms with Crippen molar-refractivity contribution < 1.29 is 81.6 Å². The predicted molar refractivity (Wildman–Crippen MR) is 165 cm³/mol. The summed E-state index contributed by atoms with van der Waals surface area (Å²) < 4.78 is 53.3. The Kier molecular flexibility index (Phi) is 33.4. The molecule has 18 nitrogen and oxygen atoms in total. The van der Waals surface area contributed by atoms with Gasteiger partial charge in [-0.25, -0.2) is 4.79 Å².